The van der Waals surface area contributed by atoms with Crippen molar-refractivity contribution in [2.45, 2.75) is 38.3 Å². The highest BCUT2D eigenvalue weighted by Gasteiger charge is 2.09. The van der Waals surface area contributed by atoms with E-state index >= 15 is 0 Å². The molecule has 0 saturated carbocycles. The molecule has 178 valence electrons. The van der Waals surface area contributed by atoms with Crippen LogP contribution in [-0.4, -0.2) is 41.2 Å². The molecule has 2 aromatic rings. The summed E-state index contributed by atoms with van der Waals surface area (Å²) in [7, 11) is -2.07. The number of benzene rings is 2. The Kier molecular flexibility index (Phi) is 12.6. The van der Waals surface area contributed by atoms with E-state index < -0.39 is 10.0 Å². The molecule has 0 aliphatic carbocycles. The van der Waals surface area contributed by atoms with E-state index in [0.717, 1.165) is 28.9 Å². The quantitative estimate of drug-likeness (QED) is 0.164. The Morgan fingerprint density at radius 2 is 1.91 bits per heavy atom. The Bertz CT molecular complexity index is 984. The summed E-state index contributed by atoms with van der Waals surface area (Å²) in [6.07, 6.45) is 0.818. The van der Waals surface area contributed by atoms with E-state index in [0.29, 0.717) is 38.8 Å². The first-order valence-electron chi connectivity index (χ1n) is 10.2. The number of hydrogen-bond acceptors (Lipinski definition) is 5. The Morgan fingerprint density at radius 3 is 2.59 bits per heavy atom. The van der Waals surface area contributed by atoms with Crippen molar-refractivity contribution < 1.29 is 17.9 Å². The third-order valence-corrected chi connectivity index (χ3v) is 5.32. The van der Waals surface area contributed by atoms with E-state index in [1.807, 2.05) is 38.1 Å². The Labute approximate surface area is 208 Å². The van der Waals surface area contributed by atoms with Gasteiger partial charge >= 0.3 is 0 Å². The number of ether oxygens (including phenoxy) is 2. The first kappa shape index (κ1) is 28.1. The fraction of sp³-hybridized carbons (Fsp3) is 0.409. The highest BCUT2D eigenvalue weighted by Crippen LogP contribution is 2.20. The Balaban J connectivity index is 0.00000512. The molecule has 0 aliphatic rings. The fourth-order valence-electron chi connectivity index (χ4n) is 2.84. The summed E-state index contributed by atoms with van der Waals surface area (Å²) in [5.41, 5.74) is 2.90. The molecule has 0 aliphatic heterocycles. The van der Waals surface area contributed by atoms with Crippen LogP contribution in [0, 0.1) is 6.92 Å². The Hall–Kier alpha value is -1.89. The third-order valence-electron chi connectivity index (χ3n) is 4.41. The van der Waals surface area contributed by atoms with Gasteiger partial charge in [0.2, 0.25) is 10.0 Å². The molecule has 2 rings (SSSR count). The van der Waals surface area contributed by atoms with Gasteiger partial charge in [0, 0.05) is 38.8 Å². The largest absolute Gasteiger partial charge is 0.493 e. The lowest BCUT2D eigenvalue weighted by atomic mass is 10.1. The first-order valence-corrected chi connectivity index (χ1v) is 11.7. The minimum Gasteiger partial charge on any atom is -0.493 e. The summed E-state index contributed by atoms with van der Waals surface area (Å²) in [5.74, 6) is 1.45. The van der Waals surface area contributed by atoms with Gasteiger partial charge in [0.25, 0.3) is 0 Å². The van der Waals surface area contributed by atoms with Gasteiger partial charge in [-0.25, -0.2) is 18.5 Å². The summed E-state index contributed by atoms with van der Waals surface area (Å²) in [6.45, 7) is 6.78. The fourth-order valence-corrected chi connectivity index (χ4v) is 3.42. The Morgan fingerprint density at radius 1 is 1.12 bits per heavy atom. The highest BCUT2D eigenvalue weighted by molar-refractivity contribution is 14.0. The van der Waals surface area contributed by atoms with E-state index in [9.17, 15) is 8.42 Å². The van der Waals surface area contributed by atoms with E-state index in [1.54, 1.807) is 13.2 Å². The number of halogens is 1. The maximum absolute atomic E-state index is 11.6. The molecular weight excluding hydrogens is 543 g/mol. The molecule has 0 atom stereocenters. The number of guanidine groups is 1. The number of nitrogens with two attached hydrogens (primary N) is 1. The van der Waals surface area contributed by atoms with Gasteiger partial charge in [-0.3, -0.25) is 0 Å². The van der Waals surface area contributed by atoms with Crippen LogP contribution in [0.2, 0.25) is 0 Å². The predicted molar refractivity (Wildman–Crippen MR) is 138 cm³/mol. The SMILES string of the molecule is CCNC(=NCc1cccc(S(N)(=O)=O)c1)NCc1ccc(C)cc1OCCCOC.I. The summed E-state index contributed by atoms with van der Waals surface area (Å²) >= 11 is 0. The third kappa shape index (κ3) is 9.72. The first-order chi connectivity index (χ1) is 14.8. The monoisotopic (exact) mass is 576 g/mol. The molecule has 0 fully saturated rings. The molecule has 0 heterocycles. The van der Waals surface area contributed by atoms with Gasteiger partial charge in [0.05, 0.1) is 18.0 Å². The average Bonchev–Trinajstić information content (AvgIpc) is 2.74. The van der Waals surface area contributed by atoms with Gasteiger partial charge in [-0.2, -0.15) is 0 Å². The number of sulfonamides is 1. The van der Waals surface area contributed by atoms with E-state index in [1.165, 1.54) is 12.1 Å². The van der Waals surface area contributed by atoms with E-state index in [-0.39, 0.29) is 28.9 Å². The van der Waals surface area contributed by atoms with Crippen LogP contribution in [0.5, 0.6) is 5.75 Å². The molecule has 0 unspecified atom stereocenters. The van der Waals surface area contributed by atoms with Crippen LogP contribution < -0.4 is 20.5 Å². The maximum Gasteiger partial charge on any atom is 0.238 e. The van der Waals surface area contributed by atoms with Crippen LogP contribution in [0.3, 0.4) is 0 Å². The van der Waals surface area contributed by atoms with Crippen molar-refractivity contribution in [3.63, 3.8) is 0 Å². The average molecular weight is 577 g/mol. The molecule has 0 spiro atoms. The molecule has 32 heavy (non-hydrogen) atoms. The summed E-state index contributed by atoms with van der Waals surface area (Å²) in [5, 5.41) is 11.7. The van der Waals surface area contributed by atoms with Crippen molar-refractivity contribution in [1.29, 1.82) is 0 Å². The van der Waals surface area contributed by atoms with Gasteiger partial charge in [0.1, 0.15) is 5.75 Å². The molecule has 0 aromatic heterocycles. The van der Waals surface area contributed by atoms with Crippen molar-refractivity contribution in [3.05, 3.63) is 59.2 Å². The molecule has 0 bridgehead atoms. The summed E-state index contributed by atoms with van der Waals surface area (Å²) in [4.78, 5) is 4.63. The van der Waals surface area contributed by atoms with Crippen LogP contribution in [0.25, 0.3) is 0 Å². The summed E-state index contributed by atoms with van der Waals surface area (Å²) < 4.78 is 34.1. The second-order valence-electron chi connectivity index (χ2n) is 7.05. The molecule has 10 heteroatoms. The number of nitrogens with zero attached hydrogens (tertiary/aromatic N) is 1. The number of nitrogens with one attached hydrogen (secondary N) is 2. The zero-order valence-electron chi connectivity index (χ0n) is 18.8. The number of rotatable bonds is 11. The molecule has 2 aromatic carbocycles. The van der Waals surface area contributed by atoms with Crippen LogP contribution in [-0.2, 0) is 27.8 Å². The van der Waals surface area contributed by atoms with Crippen LogP contribution in [0.15, 0.2) is 52.4 Å². The zero-order chi connectivity index (χ0) is 22.7. The number of hydrogen-bond donors (Lipinski definition) is 3. The molecule has 4 N–H and O–H groups in total. The smallest absolute Gasteiger partial charge is 0.238 e. The second kappa shape index (κ2) is 14.3. The highest BCUT2D eigenvalue weighted by atomic mass is 127. The van der Waals surface area contributed by atoms with Gasteiger partial charge in [-0.15, -0.1) is 24.0 Å². The molecular formula is C22H33IN4O4S. The molecule has 0 amide bonds. The lowest BCUT2D eigenvalue weighted by molar-refractivity contribution is 0.171. The molecule has 0 saturated heterocycles. The number of primary sulfonamides is 1. The van der Waals surface area contributed by atoms with Crippen LogP contribution in [0.1, 0.15) is 30.0 Å². The normalized spacial score (nSPS) is 11.6. The van der Waals surface area contributed by atoms with Crippen molar-refractivity contribution in [1.82, 2.24) is 10.6 Å². The van der Waals surface area contributed by atoms with E-state index in [4.69, 9.17) is 14.6 Å². The predicted octanol–water partition coefficient (Wildman–Crippen LogP) is 2.93. The maximum atomic E-state index is 11.6. The number of aliphatic imine (C=N–C) groups is 1. The van der Waals surface area contributed by atoms with Crippen LogP contribution >= 0.6 is 24.0 Å². The molecule has 0 radical (unpaired) electrons. The standard InChI is InChI=1S/C22H32N4O4S.HI/c1-4-24-22(25-15-18-7-5-8-20(14-18)31(23,27)28)26-16-19-10-9-17(2)13-21(19)30-12-6-11-29-3;/h5,7-10,13-14H,4,6,11-12,15-16H2,1-3H3,(H2,23,27,28)(H2,24,25,26);1H. The number of methoxy groups -OCH3 is 1. The van der Waals surface area contributed by atoms with Gasteiger partial charge < -0.3 is 20.1 Å². The number of aryl methyl sites for hydroxylation is 1. The van der Waals surface area contributed by atoms with Crippen molar-refractivity contribution >= 4 is 40.0 Å². The topological polar surface area (TPSA) is 115 Å². The van der Waals surface area contributed by atoms with Gasteiger partial charge in [-0.1, -0.05) is 24.3 Å². The lowest BCUT2D eigenvalue weighted by Gasteiger charge is -2.15. The van der Waals surface area contributed by atoms with Crippen molar-refractivity contribution in [2.75, 3.05) is 26.9 Å². The van der Waals surface area contributed by atoms with Gasteiger partial charge in [0.15, 0.2) is 5.96 Å². The minimum absolute atomic E-state index is 0. The summed E-state index contributed by atoms with van der Waals surface area (Å²) in [6, 6.07) is 12.6. The lowest BCUT2D eigenvalue weighted by Crippen LogP contribution is -2.36. The van der Waals surface area contributed by atoms with Crippen molar-refractivity contribution in [3.8, 4) is 5.75 Å². The molecule has 8 nitrogen and oxygen atoms in total. The van der Waals surface area contributed by atoms with Crippen LogP contribution in [0.4, 0.5) is 0 Å². The zero-order valence-corrected chi connectivity index (χ0v) is 21.9. The van der Waals surface area contributed by atoms with E-state index in [2.05, 4.69) is 15.6 Å². The second-order valence-corrected chi connectivity index (χ2v) is 8.61. The van der Waals surface area contributed by atoms with Gasteiger partial charge in [-0.05, 0) is 43.2 Å². The minimum atomic E-state index is -3.74. The van der Waals surface area contributed by atoms with Crippen molar-refractivity contribution in [2.24, 2.45) is 10.1 Å².